The molecule has 0 saturated heterocycles. The molecule has 0 unspecified atom stereocenters. The molecule has 0 amide bonds. The minimum atomic E-state index is -1.61. The second-order valence-electron chi connectivity index (χ2n) is 3.07. The SMILES string of the molecule is COc1c(O)cc(C)c(C(=O)C(=O)O)c1Cl. The lowest BCUT2D eigenvalue weighted by atomic mass is 10.0. The van der Waals surface area contributed by atoms with Crippen LogP contribution >= 0.6 is 11.6 Å². The van der Waals surface area contributed by atoms with Gasteiger partial charge in [-0.05, 0) is 18.6 Å². The lowest BCUT2D eigenvalue weighted by molar-refractivity contribution is -0.131. The molecule has 86 valence electrons. The number of benzene rings is 1. The van der Waals surface area contributed by atoms with Gasteiger partial charge in [0.2, 0.25) is 0 Å². The summed E-state index contributed by atoms with van der Waals surface area (Å²) in [7, 11) is 1.26. The van der Waals surface area contributed by atoms with Crippen molar-refractivity contribution in [3.05, 3.63) is 22.2 Å². The zero-order valence-corrected chi connectivity index (χ0v) is 9.33. The Bertz CT molecular complexity index is 467. The van der Waals surface area contributed by atoms with Crippen LogP contribution in [0.1, 0.15) is 15.9 Å². The summed E-state index contributed by atoms with van der Waals surface area (Å²) < 4.78 is 4.77. The average Bonchev–Trinajstić information content (AvgIpc) is 2.17. The molecule has 0 atom stereocenters. The zero-order valence-electron chi connectivity index (χ0n) is 8.57. The van der Waals surface area contributed by atoms with E-state index in [1.807, 2.05) is 0 Å². The molecule has 6 heteroatoms. The van der Waals surface area contributed by atoms with Gasteiger partial charge in [0, 0.05) is 0 Å². The molecule has 0 aliphatic heterocycles. The molecule has 5 nitrogen and oxygen atoms in total. The van der Waals surface area contributed by atoms with E-state index in [0.717, 1.165) is 0 Å². The van der Waals surface area contributed by atoms with Crippen molar-refractivity contribution in [1.29, 1.82) is 0 Å². The molecule has 0 saturated carbocycles. The third-order valence-electron chi connectivity index (χ3n) is 2.02. The number of carbonyl (C=O) groups excluding carboxylic acids is 1. The monoisotopic (exact) mass is 244 g/mol. The molecule has 0 radical (unpaired) electrons. The van der Waals surface area contributed by atoms with Gasteiger partial charge >= 0.3 is 5.97 Å². The van der Waals surface area contributed by atoms with Crippen LogP contribution in [0.2, 0.25) is 5.02 Å². The van der Waals surface area contributed by atoms with E-state index in [4.69, 9.17) is 21.4 Å². The number of ether oxygens (including phenoxy) is 1. The highest BCUT2D eigenvalue weighted by molar-refractivity contribution is 6.46. The maximum Gasteiger partial charge on any atom is 0.377 e. The fourth-order valence-electron chi connectivity index (χ4n) is 1.32. The van der Waals surface area contributed by atoms with E-state index >= 15 is 0 Å². The number of rotatable bonds is 3. The summed E-state index contributed by atoms with van der Waals surface area (Å²) in [6.45, 7) is 1.47. The molecule has 0 heterocycles. The van der Waals surface area contributed by atoms with E-state index in [9.17, 15) is 14.7 Å². The van der Waals surface area contributed by atoms with Crippen LogP contribution in [-0.2, 0) is 4.79 Å². The fourth-order valence-corrected chi connectivity index (χ4v) is 1.73. The maximum atomic E-state index is 11.3. The first-order chi connectivity index (χ1) is 7.40. The predicted octanol–water partition coefficient (Wildman–Crippen LogP) is 1.63. The van der Waals surface area contributed by atoms with Gasteiger partial charge in [-0.15, -0.1) is 0 Å². The van der Waals surface area contributed by atoms with Crippen molar-refractivity contribution >= 4 is 23.4 Å². The molecule has 0 aliphatic carbocycles. The van der Waals surface area contributed by atoms with Crippen molar-refractivity contribution in [2.75, 3.05) is 7.11 Å². The van der Waals surface area contributed by atoms with Crippen LogP contribution < -0.4 is 4.74 Å². The summed E-state index contributed by atoms with van der Waals surface area (Å²) in [5, 5.41) is 17.9. The first-order valence-corrected chi connectivity index (χ1v) is 4.61. The topological polar surface area (TPSA) is 83.8 Å². The number of aliphatic carboxylic acids is 1. The Hall–Kier alpha value is -1.75. The van der Waals surface area contributed by atoms with Crippen LogP contribution in [0.5, 0.6) is 11.5 Å². The minimum Gasteiger partial charge on any atom is -0.504 e. The third kappa shape index (κ3) is 1.94. The van der Waals surface area contributed by atoms with Gasteiger partial charge in [-0.2, -0.15) is 0 Å². The second kappa shape index (κ2) is 4.40. The van der Waals surface area contributed by atoms with E-state index in [2.05, 4.69) is 0 Å². The fraction of sp³-hybridized carbons (Fsp3) is 0.200. The molecule has 1 aromatic carbocycles. The van der Waals surface area contributed by atoms with Gasteiger partial charge in [0.25, 0.3) is 5.78 Å². The van der Waals surface area contributed by atoms with E-state index in [1.54, 1.807) is 0 Å². The molecular formula is C10H9ClO5. The van der Waals surface area contributed by atoms with Crippen molar-refractivity contribution < 1.29 is 24.5 Å². The Kier molecular flexibility index (Phi) is 3.39. The number of Topliss-reactive ketones (excluding diaryl/α,β-unsaturated/α-hetero) is 1. The molecule has 2 N–H and O–H groups in total. The first-order valence-electron chi connectivity index (χ1n) is 4.23. The largest absolute Gasteiger partial charge is 0.504 e. The number of carbonyl (C=O) groups is 2. The van der Waals surface area contributed by atoms with Crippen molar-refractivity contribution in [3.8, 4) is 11.5 Å². The Labute approximate surface area is 96.2 Å². The molecule has 0 aliphatic rings. The molecule has 1 rings (SSSR count). The number of halogens is 1. The van der Waals surface area contributed by atoms with Crippen LogP contribution in [0.15, 0.2) is 6.07 Å². The maximum absolute atomic E-state index is 11.3. The Balaban J connectivity index is 3.51. The predicted molar refractivity (Wildman–Crippen MR) is 56.4 cm³/mol. The summed E-state index contributed by atoms with van der Waals surface area (Å²) in [4.78, 5) is 21.9. The normalized spacial score (nSPS) is 9.94. The Morgan fingerprint density at radius 1 is 1.44 bits per heavy atom. The summed E-state index contributed by atoms with van der Waals surface area (Å²) in [5.74, 6) is -3.11. The van der Waals surface area contributed by atoms with Crippen LogP contribution in [0.4, 0.5) is 0 Å². The lowest BCUT2D eigenvalue weighted by Crippen LogP contribution is -2.15. The van der Waals surface area contributed by atoms with E-state index in [-0.39, 0.29) is 27.6 Å². The number of methoxy groups -OCH3 is 1. The smallest absolute Gasteiger partial charge is 0.377 e. The molecule has 16 heavy (non-hydrogen) atoms. The van der Waals surface area contributed by atoms with Gasteiger partial charge in [0.05, 0.1) is 17.7 Å². The summed E-state index contributed by atoms with van der Waals surface area (Å²) >= 11 is 5.79. The summed E-state index contributed by atoms with van der Waals surface area (Å²) in [6, 6.07) is 1.22. The number of aryl methyl sites for hydroxylation is 1. The second-order valence-corrected chi connectivity index (χ2v) is 3.45. The number of carboxylic acid groups (broad SMARTS) is 1. The number of hydrogen-bond donors (Lipinski definition) is 2. The van der Waals surface area contributed by atoms with Gasteiger partial charge in [-0.1, -0.05) is 11.6 Å². The number of hydrogen-bond acceptors (Lipinski definition) is 4. The van der Waals surface area contributed by atoms with E-state index in [1.165, 1.54) is 20.1 Å². The molecular weight excluding hydrogens is 236 g/mol. The van der Waals surface area contributed by atoms with Crippen molar-refractivity contribution in [1.82, 2.24) is 0 Å². The molecule has 0 aromatic heterocycles. The van der Waals surface area contributed by atoms with E-state index < -0.39 is 11.8 Å². The van der Waals surface area contributed by atoms with Crippen LogP contribution in [-0.4, -0.2) is 29.1 Å². The highest BCUT2D eigenvalue weighted by Gasteiger charge is 2.24. The van der Waals surface area contributed by atoms with Gasteiger partial charge in [0.1, 0.15) is 0 Å². The van der Waals surface area contributed by atoms with E-state index in [0.29, 0.717) is 0 Å². The quantitative estimate of drug-likeness (QED) is 0.624. The average molecular weight is 245 g/mol. The minimum absolute atomic E-state index is 0.114. The van der Waals surface area contributed by atoms with Crippen LogP contribution in [0, 0.1) is 6.92 Å². The zero-order chi connectivity index (χ0) is 12.5. The Morgan fingerprint density at radius 2 is 2.00 bits per heavy atom. The van der Waals surface area contributed by atoms with Crippen LogP contribution in [0.25, 0.3) is 0 Å². The van der Waals surface area contributed by atoms with Crippen molar-refractivity contribution in [2.24, 2.45) is 0 Å². The lowest BCUT2D eigenvalue weighted by Gasteiger charge is -2.11. The molecule has 0 bridgehead atoms. The van der Waals surface area contributed by atoms with Gasteiger partial charge in [0.15, 0.2) is 11.5 Å². The third-order valence-corrected chi connectivity index (χ3v) is 2.39. The number of ketones is 1. The summed E-state index contributed by atoms with van der Waals surface area (Å²) in [5.41, 5.74) is 0.0968. The molecule has 1 aromatic rings. The number of phenolic OH excluding ortho intramolecular Hbond substituents is 1. The summed E-state index contributed by atoms with van der Waals surface area (Å²) in [6.07, 6.45) is 0. The van der Waals surface area contributed by atoms with Gasteiger partial charge < -0.3 is 14.9 Å². The number of carboxylic acids is 1. The molecule has 0 spiro atoms. The number of phenols is 1. The van der Waals surface area contributed by atoms with Crippen molar-refractivity contribution in [3.63, 3.8) is 0 Å². The Morgan fingerprint density at radius 3 is 2.44 bits per heavy atom. The molecule has 0 fully saturated rings. The van der Waals surface area contributed by atoms with Gasteiger partial charge in [-0.25, -0.2) is 4.79 Å². The first kappa shape index (κ1) is 12.3. The standard InChI is InChI=1S/C10H9ClO5/c1-4-3-5(12)9(16-2)7(11)6(4)8(13)10(14)15/h3,12H,1-2H3,(H,14,15). The highest BCUT2D eigenvalue weighted by Crippen LogP contribution is 2.38. The van der Waals surface area contributed by atoms with Gasteiger partial charge in [-0.3, -0.25) is 4.79 Å². The van der Waals surface area contributed by atoms with Crippen molar-refractivity contribution in [2.45, 2.75) is 6.92 Å². The highest BCUT2D eigenvalue weighted by atomic mass is 35.5. The number of aromatic hydroxyl groups is 1. The van der Waals surface area contributed by atoms with Crippen LogP contribution in [0.3, 0.4) is 0 Å².